The van der Waals surface area contributed by atoms with Gasteiger partial charge in [0.2, 0.25) is 0 Å². The standard InChI is InChI=1S/C14H17N3O3S/c1-10-8-9-14(2,21(18,19)20)13(12(10)15)17-16-11-6-4-3-5-7-11/h3-9,13H,15H2,1-2H3,(H,18,19,20). The van der Waals surface area contributed by atoms with Gasteiger partial charge in [-0.2, -0.15) is 18.6 Å². The van der Waals surface area contributed by atoms with E-state index in [4.69, 9.17) is 5.73 Å². The Balaban J connectivity index is 2.46. The summed E-state index contributed by atoms with van der Waals surface area (Å²) in [4.78, 5) is 0. The zero-order valence-electron chi connectivity index (χ0n) is 11.8. The predicted molar refractivity (Wildman–Crippen MR) is 80.7 cm³/mol. The van der Waals surface area contributed by atoms with Crippen molar-refractivity contribution < 1.29 is 13.0 Å². The van der Waals surface area contributed by atoms with Gasteiger partial charge >= 0.3 is 0 Å². The molecule has 0 aliphatic heterocycles. The third-order valence-corrected chi connectivity index (χ3v) is 5.03. The first-order chi connectivity index (χ1) is 9.75. The maximum absolute atomic E-state index is 11.7. The molecule has 0 fully saturated rings. The van der Waals surface area contributed by atoms with E-state index < -0.39 is 20.9 Å². The first kappa shape index (κ1) is 15.4. The molecule has 2 unspecified atom stereocenters. The molecule has 1 aromatic rings. The maximum Gasteiger partial charge on any atom is 0.276 e. The van der Waals surface area contributed by atoms with E-state index in [2.05, 4.69) is 10.2 Å². The Morgan fingerprint density at radius 1 is 1.29 bits per heavy atom. The van der Waals surface area contributed by atoms with Crippen LogP contribution in [0.3, 0.4) is 0 Å². The summed E-state index contributed by atoms with van der Waals surface area (Å²) in [6.45, 7) is 3.12. The summed E-state index contributed by atoms with van der Waals surface area (Å²) < 4.78 is 31.3. The number of rotatable bonds is 3. The molecular weight excluding hydrogens is 290 g/mol. The molecule has 2 rings (SSSR count). The van der Waals surface area contributed by atoms with Gasteiger partial charge in [-0.3, -0.25) is 4.55 Å². The fourth-order valence-corrected chi connectivity index (χ4v) is 2.72. The molecule has 7 heteroatoms. The lowest BCUT2D eigenvalue weighted by atomic mass is 9.90. The molecule has 0 bridgehead atoms. The smallest absolute Gasteiger partial charge is 0.276 e. The van der Waals surface area contributed by atoms with Crippen LogP contribution >= 0.6 is 0 Å². The molecule has 1 aromatic carbocycles. The van der Waals surface area contributed by atoms with E-state index in [0.717, 1.165) is 0 Å². The second-order valence-electron chi connectivity index (χ2n) is 5.08. The second-order valence-corrected chi connectivity index (χ2v) is 6.91. The van der Waals surface area contributed by atoms with Crippen molar-refractivity contribution in [2.75, 3.05) is 0 Å². The van der Waals surface area contributed by atoms with Gasteiger partial charge in [-0.15, -0.1) is 0 Å². The third kappa shape index (κ3) is 2.88. The van der Waals surface area contributed by atoms with Crippen LogP contribution in [0.4, 0.5) is 5.69 Å². The predicted octanol–water partition coefficient (Wildman–Crippen LogP) is 2.59. The number of azo groups is 1. The highest BCUT2D eigenvalue weighted by atomic mass is 32.2. The van der Waals surface area contributed by atoms with E-state index in [-0.39, 0.29) is 5.70 Å². The first-order valence-electron chi connectivity index (χ1n) is 6.34. The van der Waals surface area contributed by atoms with Crippen LogP contribution in [0, 0.1) is 0 Å². The highest BCUT2D eigenvalue weighted by Gasteiger charge is 2.47. The summed E-state index contributed by atoms with van der Waals surface area (Å²) in [5.74, 6) is 0. The lowest BCUT2D eigenvalue weighted by Gasteiger charge is -2.32. The van der Waals surface area contributed by atoms with Gasteiger partial charge in [-0.1, -0.05) is 30.4 Å². The van der Waals surface area contributed by atoms with Gasteiger partial charge in [-0.25, -0.2) is 0 Å². The normalized spacial score (nSPS) is 26.5. The van der Waals surface area contributed by atoms with E-state index in [1.807, 2.05) is 6.07 Å². The molecule has 0 aromatic heterocycles. The summed E-state index contributed by atoms with van der Waals surface area (Å²) in [5.41, 5.74) is 7.51. The van der Waals surface area contributed by atoms with Crippen molar-refractivity contribution in [3.63, 3.8) is 0 Å². The van der Waals surface area contributed by atoms with E-state index in [1.165, 1.54) is 13.0 Å². The highest BCUT2D eigenvalue weighted by molar-refractivity contribution is 7.87. The minimum Gasteiger partial charge on any atom is -0.400 e. The average Bonchev–Trinajstić information content (AvgIpc) is 2.43. The third-order valence-electron chi connectivity index (χ3n) is 3.56. The van der Waals surface area contributed by atoms with Crippen LogP contribution in [0.5, 0.6) is 0 Å². The minimum atomic E-state index is -4.39. The van der Waals surface area contributed by atoms with Crippen LogP contribution in [0.1, 0.15) is 13.8 Å². The number of benzene rings is 1. The Labute approximate surface area is 123 Å². The molecule has 3 N–H and O–H groups in total. The van der Waals surface area contributed by atoms with Gasteiger partial charge < -0.3 is 5.73 Å². The molecule has 0 radical (unpaired) electrons. The Morgan fingerprint density at radius 2 is 1.90 bits per heavy atom. The van der Waals surface area contributed by atoms with Gasteiger partial charge in [-0.05, 0) is 31.6 Å². The van der Waals surface area contributed by atoms with Crippen LogP contribution in [0.15, 0.2) is 64.0 Å². The van der Waals surface area contributed by atoms with Crippen molar-refractivity contribution in [2.24, 2.45) is 16.0 Å². The summed E-state index contributed by atoms with van der Waals surface area (Å²) in [6.07, 6.45) is 2.96. The lowest BCUT2D eigenvalue weighted by Crippen LogP contribution is -2.48. The summed E-state index contributed by atoms with van der Waals surface area (Å²) in [5, 5.41) is 8.08. The highest BCUT2D eigenvalue weighted by Crippen LogP contribution is 2.34. The van der Waals surface area contributed by atoms with Crippen LogP contribution in [-0.4, -0.2) is 23.8 Å². The fourth-order valence-electron chi connectivity index (χ4n) is 2.03. The summed E-state index contributed by atoms with van der Waals surface area (Å²) in [7, 11) is -4.39. The van der Waals surface area contributed by atoms with Crippen molar-refractivity contribution in [3.05, 3.63) is 53.8 Å². The second kappa shape index (κ2) is 5.42. The first-order valence-corrected chi connectivity index (χ1v) is 7.78. The van der Waals surface area contributed by atoms with E-state index in [1.54, 1.807) is 37.3 Å². The summed E-state index contributed by atoms with van der Waals surface area (Å²) in [6, 6.07) is 7.92. The Morgan fingerprint density at radius 3 is 2.48 bits per heavy atom. The molecule has 0 saturated carbocycles. The zero-order chi connectivity index (χ0) is 15.7. The molecule has 1 aliphatic carbocycles. The van der Waals surface area contributed by atoms with Crippen molar-refractivity contribution in [2.45, 2.75) is 24.6 Å². The van der Waals surface area contributed by atoms with Crippen molar-refractivity contribution in [3.8, 4) is 0 Å². The Kier molecular flexibility index (Phi) is 3.97. The van der Waals surface area contributed by atoms with Crippen molar-refractivity contribution >= 4 is 15.8 Å². The van der Waals surface area contributed by atoms with Crippen LogP contribution < -0.4 is 5.73 Å². The van der Waals surface area contributed by atoms with Crippen molar-refractivity contribution in [1.29, 1.82) is 0 Å². The fraction of sp³-hybridized carbons (Fsp3) is 0.286. The van der Waals surface area contributed by atoms with Crippen LogP contribution in [0.25, 0.3) is 0 Å². The number of nitrogens with zero attached hydrogens (tertiary/aromatic N) is 2. The van der Waals surface area contributed by atoms with Gasteiger partial charge in [0.05, 0.1) is 5.69 Å². The Bertz CT molecular complexity index is 723. The molecule has 2 atom stereocenters. The quantitative estimate of drug-likeness (QED) is 0.661. The molecule has 1 aliphatic rings. The molecule has 0 heterocycles. The van der Waals surface area contributed by atoms with Gasteiger partial charge in [0.15, 0.2) is 0 Å². The van der Waals surface area contributed by atoms with Crippen LogP contribution in [-0.2, 0) is 10.1 Å². The molecular formula is C14H17N3O3S. The monoisotopic (exact) mass is 307 g/mol. The number of nitrogens with two attached hydrogens (primary N) is 1. The molecule has 112 valence electrons. The van der Waals surface area contributed by atoms with E-state index in [9.17, 15) is 13.0 Å². The lowest BCUT2D eigenvalue weighted by molar-refractivity contribution is 0.433. The van der Waals surface area contributed by atoms with E-state index in [0.29, 0.717) is 11.3 Å². The summed E-state index contributed by atoms with van der Waals surface area (Å²) >= 11 is 0. The van der Waals surface area contributed by atoms with Gasteiger partial charge in [0.1, 0.15) is 10.8 Å². The SMILES string of the molecule is CC1=C(N)C(N=Nc2ccccc2)C(C)(S(=O)(=O)O)C=C1. The molecule has 21 heavy (non-hydrogen) atoms. The molecule has 0 saturated heterocycles. The van der Waals surface area contributed by atoms with Crippen molar-refractivity contribution in [1.82, 2.24) is 0 Å². The molecule has 6 nitrogen and oxygen atoms in total. The molecule has 0 amide bonds. The zero-order valence-corrected chi connectivity index (χ0v) is 12.6. The minimum absolute atomic E-state index is 0.275. The van der Waals surface area contributed by atoms with Gasteiger partial charge in [0, 0.05) is 5.70 Å². The number of hydrogen-bond acceptors (Lipinski definition) is 5. The van der Waals surface area contributed by atoms with Gasteiger partial charge in [0.25, 0.3) is 10.1 Å². The van der Waals surface area contributed by atoms with E-state index >= 15 is 0 Å². The molecule has 0 spiro atoms. The number of allylic oxidation sites excluding steroid dienone is 2. The van der Waals surface area contributed by atoms with Crippen LogP contribution in [0.2, 0.25) is 0 Å². The topological polar surface area (TPSA) is 105 Å². The largest absolute Gasteiger partial charge is 0.400 e. The number of hydrogen-bond donors (Lipinski definition) is 2. The average molecular weight is 307 g/mol. The Hall–Kier alpha value is -1.99. The maximum atomic E-state index is 11.7.